The Kier molecular flexibility index (Phi) is 6.92. The van der Waals surface area contributed by atoms with Crippen LogP contribution in [0.1, 0.15) is 26.2 Å². The van der Waals surface area contributed by atoms with Crippen molar-refractivity contribution in [3.05, 3.63) is 12.7 Å². The zero-order chi connectivity index (χ0) is 6.95. The maximum atomic E-state index is 4.08. The molecule has 1 nitrogen and oxygen atoms in total. The molecule has 52 valence electrons. The van der Waals surface area contributed by atoms with E-state index in [4.69, 9.17) is 0 Å². The fourth-order valence-electron chi connectivity index (χ4n) is 0.602. The molecule has 0 aromatic rings. The Morgan fingerprint density at radius 1 is 1.44 bits per heavy atom. The molecule has 0 amide bonds. The van der Waals surface area contributed by atoms with Crippen LogP contribution in [-0.2, 0) is 0 Å². The van der Waals surface area contributed by atoms with Crippen molar-refractivity contribution in [3.8, 4) is 0 Å². The third kappa shape index (κ3) is 7.41. The van der Waals surface area contributed by atoms with E-state index in [0.29, 0.717) is 0 Å². The number of rotatable bonds is 5. The van der Waals surface area contributed by atoms with Crippen molar-refractivity contribution < 1.29 is 0 Å². The van der Waals surface area contributed by atoms with Gasteiger partial charge in [0, 0.05) is 12.8 Å². The molecule has 0 radical (unpaired) electrons. The Bertz CT molecular complexity index is 84.6. The number of hydrogen-bond donors (Lipinski definition) is 0. The Labute approximate surface area is 57.5 Å². The van der Waals surface area contributed by atoms with Gasteiger partial charge < -0.3 is 0 Å². The molecule has 0 aliphatic rings. The molecule has 0 atom stereocenters. The number of allylic oxidation sites excluding steroid dienone is 1. The van der Waals surface area contributed by atoms with Crippen molar-refractivity contribution in [1.29, 1.82) is 0 Å². The molecular formula is C8H15N. The maximum absolute atomic E-state index is 4.08. The predicted octanol–water partition coefficient (Wildman–Crippen LogP) is 2.43. The fraction of sp³-hybridized carbons (Fsp3) is 0.625. The van der Waals surface area contributed by atoms with E-state index in [1.807, 2.05) is 0 Å². The number of aliphatic imine (C=N–C) groups is 1. The lowest BCUT2D eigenvalue weighted by atomic mass is 10.2. The summed E-state index contributed by atoms with van der Waals surface area (Å²) in [4.78, 5) is 4.08. The molecular weight excluding hydrogens is 110 g/mol. The molecule has 0 aliphatic carbocycles. The first kappa shape index (κ1) is 8.41. The minimum atomic E-state index is 0.958. The highest BCUT2D eigenvalue weighted by Crippen LogP contribution is 1.92. The van der Waals surface area contributed by atoms with E-state index < -0.39 is 0 Å². The third-order valence-corrected chi connectivity index (χ3v) is 1.10. The van der Waals surface area contributed by atoms with Crippen molar-refractivity contribution in [2.45, 2.75) is 26.2 Å². The van der Waals surface area contributed by atoms with E-state index in [1.54, 1.807) is 12.3 Å². The van der Waals surface area contributed by atoms with Gasteiger partial charge in [-0.25, -0.2) is 0 Å². The van der Waals surface area contributed by atoms with Gasteiger partial charge in [-0.1, -0.05) is 32.4 Å². The van der Waals surface area contributed by atoms with E-state index in [1.165, 1.54) is 19.3 Å². The van der Waals surface area contributed by atoms with Gasteiger partial charge in [0.05, 0.1) is 0 Å². The molecule has 0 N–H and O–H groups in total. The van der Waals surface area contributed by atoms with Crippen LogP contribution in [0.5, 0.6) is 0 Å². The largest absolute Gasteiger partial charge is 0.293 e. The van der Waals surface area contributed by atoms with Gasteiger partial charge in [-0.2, -0.15) is 0 Å². The highest BCUT2D eigenvalue weighted by Gasteiger charge is 1.79. The van der Waals surface area contributed by atoms with Crippen LogP contribution in [0.3, 0.4) is 0 Å². The summed E-state index contributed by atoms with van der Waals surface area (Å²) < 4.78 is 0. The van der Waals surface area contributed by atoms with E-state index in [0.717, 1.165) is 6.54 Å². The second-order valence-electron chi connectivity index (χ2n) is 2.00. The minimum absolute atomic E-state index is 0.958. The standard InChI is InChI=1S/C8H15N/c1-3-5-6-8-9-7-4-2/h4,7H,2-3,5-6,8H2,1H3. The number of unbranched alkanes of at least 4 members (excludes halogenated alkanes) is 2. The van der Waals surface area contributed by atoms with Gasteiger partial charge in [-0.15, -0.1) is 0 Å². The van der Waals surface area contributed by atoms with Gasteiger partial charge in [0.1, 0.15) is 0 Å². The SMILES string of the molecule is C=CC=NCCCCC. The Balaban J connectivity index is 2.90. The van der Waals surface area contributed by atoms with Crippen molar-refractivity contribution in [2.75, 3.05) is 6.54 Å². The van der Waals surface area contributed by atoms with Crippen LogP contribution in [0.25, 0.3) is 0 Å². The van der Waals surface area contributed by atoms with Crippen LogP contribution in [-0.4, -0.2) is 12.8 Å². The second kappa shape index (κ2) is 7.41. The molecule has 0 aromatic carbocycles. The molecule has 0 bridgehead atoms. The summed E-state index contributed by atoms with van der Waals surface area (Å²) in [6.45, 7) is 6.68. The molecule has 0 saturated carbocycles. The van der Waals surface area contributed by atoms with Crippen LogP contribution >= 0.6 is 0 Å². The average molecular weight is 125 g/mol. The van der Waals surface area contributed by atoms with Gasteiger partial charge in [-0.05, 0) is 6.42 Å². The second-order valence-corrected chi connectivity index (χ2v) is 2.00. The first-order valence-electron chi connectivity index (χ1n) is 3.52. The zero-order valence-electron chi connectivity index (χ0n) is 6.14. The molecule has 0 aromatic heterocycles. The minimum Gasteiger partial charge on any atom is -0.293 e. The molecule has 0 saturated heterocycles. The molecule has 0 aliphatic heterocycles. The fourth-order valence-corrected chi connectivity index (χ4v) is 0.602. The van der Waals surface area contributed by atoms with Crippen molar-refractivity contribution in [2.24, 2.45) is 4.99 Å². The summed E-state index contributed by atoms with van der Waals surface area (Å²) >= 11 is 0. The highest BCUT2D eigenvalue weighted by molar-refractivity contribution is 5.69. The number of hydrogen-bond acceptors (Lipinski definition) is 1. The predicted molar refractivity (Wildman–Crippen MR) is 43.1 cm³/mol. The van der Waals surface area contributed by atoms with Crippen LogP contribution in [0.2, 0.25) is 0 Å². The average Bonchev–Trinajstić information content (AvgIpc) is 1.89. The normalized spacial score (nSPS) is 10.3. The first-order chi connectivity index (χ1) is 4.41. The molecule has 1 heteroatoms. The van der Waals surface area contributed by atoms with E-state index in [2.05, 4.69) is 18.5 Å². The summed E-state index contributed by atoms with van der Waals surface area (Å²) in [5.41, 5.74) is 0. The number of nitrogens with zero attached hydrogens (tertiary/aromatic N) is 1. The summed E-state index contributed by atoms with van der Waals surface area (Å²) in [5.74, 6) is 0. The monoisotopic (exact) mass is 125 g/mol. The summed E-state index contributed by atoms with van der Waals surface area (Å²) in [6.07, 6.45) is 7.24. The van der Waals surface area contributed by atoms with Gasteiger partial charge in [0.15, 0.2) is 0 Å². The van der Waals surface area contributed by atoms with Crippen LogP contribution in [0.15, 0.2) is 17.6 Å². The Hall–Kier alpha value is -0.590. The smallest absolute Gasteiger partial charge is 0.0389 e. The molecule has 0 heterocycles. The van der Waals surface area contributed by atoms with Gasteiger partial charge in [0.25, 0.3) is 0 Å². The lowest BCUT2D eigenvalue weighted by Gasteiger charge is -1.89. The van der Waals surface area contributed by atoms with Gasteiger partial charge >= 0.3 is 0 Å². The molecule has 0 unspecified atom stereocenters. The van der Waals surface area contributed by atoms with Crippen LogP contribution < -0.4 is 0 Å². The quantitative estimate of drug-likeness (QED) is 0.395. The Morgan fingerprint density at radius 2 is 2.22 bits per heavy atom. The van der Waals surface area contributed by atoms with E-state index in [9.17, 15) is 0 Å². The van der Waals surface area contributed by atoms with Crippen molar-refractivity contribution in [3.63, 3.8) is 0 Å². The lowest BCUT2D eigenvalue weighted by molar-refractivity contribution is 0.729. The summed E-state index contributed by atoms with van der Waals surface area (Å²) in [6, 6.07) is 0. The van der Waals surface area contributed by atoms with Crippen molar-refractivity contribution >= 4 is 6.21 Å². The topological polar surface area (TPSA) is 12.4 Å². The summed E-state index contributed by atoms with van der Waals surface area (Å²) in [5, 5.41) is 0. The third-order valence-electron chi connectivity index (χ3n) is 1.10. The Morgan fingerprint density at radius 3 is 2.78 bits per heavy atom. The van der Waals surface area contributed by atoms with Crippen LogP contribution in [0.4, 0.5) is 0 Å². The van der Waals surface area contributed by atoms with E-state index in [-0.39, 0.29) is 0 Å². The van der Waals surface area contributed by atoms with Gasteiger partial charge in [0.2, 0.25) is 0 Å². The zero-order valence-corrected chi connectivity index (χ0v) is 6.14. The maximum Gasteiger partial charge on any atom is 0.0389 e. The highest BCUT2D eigenvalue weighted by atomic mass is 14.7. The van der Waals surface area contributed by atoms with E-state index >= 15 is 0 Å². The van der Waals surface area contributed by atoms with Gasteiger partial charge in [-0.3, -0.25) is 4.99 Å². The first-order valence-corrected chi connectivity index (χ1v) is 3.52. The molecule has 0 fully saturated rings. The van der Waals surface area contributed by atoms with Crippen molar-refractivity contribution in [1.82, 2.24) is 0 Å². The molecule has 0 spiro atoms. The molecule has 9 heavy (non-hydrogen) atoms. The molecule has 0 rings (SSSR count). The van der Waals surface area contributed by atoms with Crippen LogP contribution in [0, 0.1) is 0 Å². The lowest BCUT2D eigenvalue weighted by Crippen LogP contribution is -1.79. The summed E-state index contributed by atoms with van der Waals surface area (Å²) in [7, 11) is 0.